The molecule has 2 aromatic rings. The van der Waals surface area contributed by atoms with Crippen LogP contribution < -0.4 is 14.8 Å². The van der Waals surface area contributed by atoms with Crippen molar-refractivity contribution in [1.82, 2.24) is 10.3 Å². The molecule has 1 aromatic heterocycles. The molecule has 7 heteroatoms. The third-order valence-electron chi connectivity index (χ3n) is 3.55. The molecule has 0 atom stereocenters. The zero-order valence-electron chi connectivity index (χ0n) is 14.8. The van der Waals surface area contributed by atoms with E-state index < -0.39 is 5.97 Å². The highest BCUT2D eigenvalue weighted by atomic mass is 16.5. The molecule has 0 fully saturated rings. The van der Waals surface area contributed by atoms with Gasteiger partial charge in [0.1, 0.15) is 5.69 Å². The van der Waals surface area contributed by atoms with Crippen LogP contribution in [0.2, 0.25) is 0 Å². The molecule has 2 rings (SSSR count). The Labute approximate surface area is 152 Å². The Hall–Kier alpha value is -3.09. The molecular formula is C19H22N2O5. The Morgan fingerprint density at radius 2 is 1.81 bits per heavy atom. The number of ether oxygens (including phenoxy) is 2. The van der Waals surface area contributed by atoms with E-state index in [4.69, 9.17) is 14.6 Å². The summed E-state index contributed by atoms with van der Waals surface area (Å²) in [7, 11) is 0. The Bertz CT molecular complexity index is 759. The summed E-state index contributed by atoms with van der Waals surface area (Å²) in [6.45, 7) is 5.35. The molecule has 0 radical (unpaired) electrons. The van der Waals surface area contributed by atoms with Crippen molar-refractivity contribution < 1.29 is 24.2 Å². The summed E-state index contributed by atoms with van der Waals surface area (Å²) in [5.41, 5.74) is 1.23. The molecule has 0 saturated carbocycles. The summed E-state index contributed by atoms with van der Waals surface area (Å²) in [4.78, 5) is 26.6. The van der Waals surface area contributed by atoms with Crippen molar-refractivity contribution in [2.75, 3.05) is 19.8 Å². The third kappa shape index (κ3) is 5.20. The highest BCUT2D eigenvalue weighted by Crippen LogP contribution is 2.28. The molecular weight excluding hydrogens is 336 g/mol. The van der Waals surface area contributed by atoms with Crippen LogP contribution in [-0.4, -0.2) is 41.7 Å². The van der Waals surface area contributed by atoms with E-state index >= 15 is 0 Å². The van der Waals surface area contributed by atoms with Crippen molar-refractivity contribution >= 4 is 11.9 Å². The molecule has 7 nitrogen and oxygen atoms in total. The van der Waals surface area contributed by atoms with Crippen LogP contribution in [0.4, 0.5) is 0 Å². The molecule has 26 heavy (non-hydrogen) atoms. The fourth-order valence-electron chi connectivity index (χ4n) is 2.33. The maximum Gasteiger partial charge on any atom is 0.354 e. The first-order valence-electron chi connectivity index (χ1n) is 8.41. The van der Waals surface area contributed by atoms with Crippen molar-refractivity contribution in [2.24, 2.45) is 0 Å². The minimum Gasteiger partial charge on any atom is -0.490 e. The van der Waals surface area contributed by atoms with Gasteiger partial charge in [0.25, 0.3) is 5.91 Å². The van der Waals surface area contributed by atoms with E-state index in [1.165, 1.54) is 18.3 Å². The van der Waals surface area contributed by atoms with E-state index in [-0.39, 0.29) is 11.6 Å². The van der Waals surface area contributed by atoms with E-state index in [0.717, 1.165) is 5.56 Å². The number of carbonyl (C=O) groups is 2. The minimum absolute atomic E-state index is 0.0978. The summed E-state index contributed by atoms with van der Waals surface area (Å²) in [6.07, 6.45) is 1.88. The van der Waals surface area contributed by atoms with Crippen LogP contribution >= 0.6 is 0 Å². The number of rotatable bonds is 9. The second-order valence-corrected chi connectivity index (χ2v) is 5.39. The van der Waals surface area contributed by atoms with E-state index in [0.29, 0.717) is 43.2 Å². The quantitative estimate of drug-likeness (QED) is 0.715. The van der Waals surface area contributed by atoms with Crippen molar-refractivity contribution in [2.45, 2.75) is 20.3 Å². The highest BCUT2D eigenvalue weighted by molar-refractivity contribution is 5.94. The summed E-state index contributed by atoms with van der Waals surface area (Å²) in [5.74, 6) is -0.0404. The topological polar surface area (TPSA) is 97.8 Å². The third-order valence-corrected chi connectivity index (χ3v) is 3.55. The highest BCUT2D eigenvalue weighted by Gasteiger charge is 2.10. The Morgan fingerprint density at radius 1 is 1.08 bits per heavy atom. The van der Waals surface area contributed by atoms with Gasteiger partial charge in [-0.2, -0.15) is 0 Å². The smallest absolute Gasteiger partial charge is 0.354 e. The van der Waals surface area contributed by atoms with Crippen molar-refractivity contribution in [3.05, 3.63) is 53.3 Å². The van der Waals surface area contributed by atoms with Gasteiger partial charge >= 0.3 is 5.97 Å². The number of benzene rings is 1. The minimum atomic E-state index is -1.13. The Morgan fingerprint density at radius 3 is 2.42 bits per heavy atom. The number of nitrogens with zero attached hydrogens (tertiary/aromatic N) is 1. The average molecular weight is 358 g/mol. The van der Waals surface area contributed by atoms with E-state index in [1.807, 2.05) is 32.0 Å². The molecule has 1 amide bonds. The molecule has 0 spiro atoms. The van der Waals surface area contributed by atoms with Gasteiger partial charge in [-0.15, -0.1) is 0 Å². The van der Waals surface area contributed by atoms with Gasteiger partial charge < -0.3 is 19.9 Å². The average Bonchev–Trinajstić information content (AvgIpc) is 2.64. The molecule has 0 unspecified atom stereocenters. The lowest BCUT2D eigenvalue weighted by molar-refractivity contribution is 0.0689. The lowest BCUT2D eigenvalue weighted by Gasteiger charge is -2.12. The molecule has 138 valence electrons. The van der Waals surface area contributed by atoms with Crippen molar-refractivity contribution in [1.29, 1.82) is 0 Å². The first-order valence-corrected chi connectivity index (χ1v) is 8.41. The van der Waals surface area contributed by atoms with Crippen molar-refractivity contribution in [3.8, 4) is 11.5 Å². The number of hydrogen-bond donors (Lipinski definition) is 2. The van der Waals surface area contributed by atoms with Crippen LogP contribution in [0, 0.1) is 0 Å². The molecule has 0 aliphatic rings. The normalized spacial score (nSPS) is 10.2. The van der Waals surface area contributed by atoms with E-state index in [1.54, 1.807) is 0 Å². The maximum absolute atomic E-state index is 12.1. The number of carboxylic acid groups (broad SMARTS) is 1. The van der Waals surface area contributed by atoms with Gasteiger partial charge in [0.2, 0.25) is 0 Å². The van der Waals surface area contributed by atoms with Crippen LogP contribution in [-0.2, 0) is 6.42 Å². The fraction of sp³-hybridized carbons (Fsp3) is 0.316. The fourth-order valence-corrected chi connectivity index (χ4v) is 2.33. The van der Waals surface area contributed by atoms with Gasteiger partial charge in [-0.25, -0.2) is 9.78 Å². The lowest BCUT2D eigenvalue weighted by Crippen LogP contribution is -2.26. The number of nitrogens with one attached hydrogen (secondary N) is 1. The number of amides is 1. The van der Waals surface area contributed by atoms with Gasteiger partial charge in [-0.3, -0.25) is 4.79 Å². The molecule has 0 bridgehead atoms. The number of aromatic carboxylic acids is 1. The number of aromatic nitrogens is 1. The number of hydrogen-bond acceptors (Lipinski definition) is 5. The summed E-state index contributed by atoms with van der Waals surface area (Å²) < 4.78 is 11.1. The van der Waals surface area contributed by atoms with E-state index in [2.05, 4.69) is 10.3 Å². The van der Waals surface area contributed by atoms with Crippen LogP contribution in [0.3, 0.4) is 0 Å². The summed E-state index contributed by atoms with van der Waals surface area (Å²) >= 11 is 0. The van der Waals surface area contributed by atoms with Gasteiger partial charge in [0.15, 0.2) is 11.5 Å². The zero-order chi connectivity index (χ0) is 18.9. The lowest BCUT2D eigenvalue weighted by atomic mass is 10.1. The van der Waals surface area contributed by atoms with Crippen LogP contribution in [0.1, 0.15) is 40.3 Å². The SMILES string of the molecule is CCOc1ccc(CCNC(=O)c2ccc(C(=O)O)nc2)cc1OCC. The van der Waals surface area contributed by atoms with E-state index in [9.17, 15) is 9.59 Å². The standard InChI is InChI=1S/C19H22N2O5/c1-3-25-16-8-5-13(11-17(16)26-4-2)9-10-20-18(22)14-6-7-15(19(23)24)21-12-14/h5-8,11-12H,3-4,9-10H2,1-2H3,(H,20,22)(H,23,24). The second-order valence-electron chi connectivity index (χ2n) is 5.39. The van der Waals surface area contributed by atoms with Crippen molar-refractivity contribution in [3.63, 3.8) is 0 Å². The maximum atomic E-state index is 12.1. The number of carbonyl (C=O) groups excluding carboxylic acids is 1. The van der Waals surface area contributed by atoms with Gasteiger partial charge in [0, 0.05) is 12.7 Å². The first-order chi connectivity index (χ1) is 12.5. The first kappa shape index (κ1) is 19.2. The monoisotopic (exact) mass is 358 g/mol. The molecule has 1 heterocycles. The van der Waals surface area contributed by atoms with Gasteiger partial charge in [-0.1, -0.05) is 6.07 Å². The number of carboxylic acids is 1. The second kappa shape index (κ2) is 9.41. The zero-order valence-corrected chi connectivity index (χ0v) is 14.8. The molecule has 0 aliphatic heterocycles. The predicted octanol–water partition coefficient (Wildman–Crippen LogP) is 2.55. The van der Waals surface area contributed by atoms with Gasteiger partial charge in [-0.05, 0) is 50.1 Å². The molecule has 2 N–H and O–H groups in total. The molecule has 0 saturated heterocycles. The largest absolute Gasteiger partial charge is 0.490 e. The molecule has 1 aromatic carbocycles. The Balaban J connectivity index is 1.93. The van der Waals surface area contributed by atoms with Crippen LogP contribution in [0.15, 0.2) is 36.5 Å². The van der Waals surface area contributed by atoms with Crippen LogP contribution in [0.5, 0.6) is 11.5 Å². The van der Waals surface area contributed by atoms with Crippen LogP contribution in [0.25, 0.3) is 0 Å². The summed E-state index contributed by atoms with van der Waals surface area (Å²) in [6, 6.07) is 8.45. The summed E-state index contributed by atoms with van der Waals surface area (Å²) in [5, 5.41) is 11.6. The number of pyridine rings is 1. The predicted molar refractivity (Wildman–Crippen MR) is 96.0 cm³/mol. The van der Waals surface area contributed by atoms with Gasteiger partial charge in [0.05, 0.1) is 18.8 Å². The molecule has 0 aliphatic carbocycles. The Kier molecular flexibility index (Phi) is 6.96.